The van der Waals surface area contributed by atoms with Crippen molar-refractivity contribution in [3.8, 4) is 11.3 Å². The summed E-state index contributed by atoms with van der Waals surface area (Å²) in [5.74, 6) is 0.0668. The Morgan fingerprint density at radius 2 is 2.00 bits per heavy atom. The van der Waals surface area contributed by atoms with Crippen molar-refractivity contribution >= 4 is 15.7 Å². The average Bonchev–Trinajstić information content (AvgIpc) is 2.93. The van der Waals surface area contributed by atoms with Gasteiger partial charge in [-0.2, -0.15) is 0 Å². The maximum Gasteiger partial charge on any atom is 0.273 e. The van der Waals surface area contributed by atoms with Crippen LogP contribution in [0.2, 0.25) is 0 Å². The van der Waals surface area contributed by atoms with Crippen LogP contribution >= 0.6 is 0 Å². The quantitative estimate of drug-likeness (QED) is 0.909. The monoisotopic (exact) mass is 320 g/mol. The van der Waals surface area contributed by atoms with Crippen LogP contribution in [0.4, 0.5) is 0 Å². The van der Waals surface area contributed by atoms with Crippen molar-refractivity contribution in [3.05, 3.63) is 53.1 Å². The molecule has 0 spiro atoms. The second-order valence-electron chi connectivity index (χ2n) is 4.85. The van der Waals surface area contributed by atoms with E-state index in [4.69, 9.17) is 4.52 Å². The normalized spacial score (nSPS) is 11.7. The predicted molar refractivity (Wildman–Crippen MR) is 83.0 cm³/mol. The lowest BCUT2D eigenvalue weighted by Gasteiger charge is -1.97. The van der Waals surface area contributed by atoms with E-state index in [1.54, 1.807) is 6.07 Å². The van der Waals surface area contributed by atoms with Crippen molar-refractivity contribution < 1.29 is 17.7 Å². The molecule has 0 aliphatic heterocycles. The molecule has 0 atom stereocenters. The second kappa shape index (κ2) is 6.57. The number of hydrogen-bond donors (Lipinski definition) is 1. The Balaban J connectivity index is 2.00. The maximum absolute atomic E-state index is 11.9. The molecule has 1 heterocycles. The number of carbonyl (C=O) groups is 1. The zero-order valence-electron chi connectivity index (χ0n) is 12.2. The highest BCUT2D eigenvalue weighted by Crippen LogP contribution is 2.20. The van der Waals surface area contributed by atoms with Gasteiger partial charge in [-0.3, -0.25) is 4.79 Å². The Labute approximate surface area is 128 Å². The predicted octanol–water partition coefficient (Wildman–Crippen LogP) is 1.94. The molecule has 2 rings (SSSR count). The SMILES string of the molecule is Cc1ccc(-c2cc(C(=O)NC/C=C/S(C)(=O)=O)no2)cc1. The fourth-order valence-electron chi connectivity index (χ4n) is 1.70. The topological polar surface area (TPSA) is 89.3 Å². The van der Waals surface area contributed by atoms with Gasteiger partial charge in [0.15, 0.2) is 21.3 Å². The van der Waals surface area contributed by atoms with E-state index in [0.717, 1.165) is 22.8 Å². The van der Waals surface area contributed by atoms with Gasteiger partial charge in [0.25, 0.3) is 5.91 Å². The Kier molecular flexibility index (Phi) is 4.77. The number of aryl methyl sites for hydroxylation is 1. The number of nitrogens with one attached hydrogen (secondary N) is 1. The Hall–Kier alpha value is -2.41. The molecule has 1 aromatic carbocycles. The summed E-state index contributed by atoms with van der Waals surface area (Å²) in [4.78, 5) is 11.9. The molecule has 1 amide bonds. The van der Waals surface area contributed by atoms with Crippen molar-refractivity contribution in [2.75, 3.05) is 12.8 Å². The van der Waals surface area contributed by atoms with E-state index in [9.17, 15) is 13.2 Å². The van der Waals surface area contributed by atoms with Crippen LogP contribution in [0.5, 0.6) is 0 Å². The average molecular weight is 320 g/mol. The zero-order chi connectivity index (χ0) is 16.2. The third-order valence-electron chi connectivity index (χ3n) is 2.80. The minimum absolute atomic E-state index is 0.0959. The molecular weight excluding hydrogens is 304 g/mol. The summed E-state index contributed by atoms with van der Waals surface area (Å²) in [6.45, 7) is 2.08. The number of sulfone groups is 1. The van der Waals surface area contributed by atoms with Crippen molar-refractivity contribution in [3.63, 3.8) is 0 Å². The van der Waals surface area contributed by atoms with Crippen LogP contribution in [0.25, 0.3) is 11.3 Å². The van der Waals surface area contributed by atoms with E-state index in [1.165, 1.54) is 6.08 Å². The van der Waals surface area contributed by atoms with Gasteiger partial charge < -0.3 is 9.84 Å². The smallest absolute Gasteiger partial charge is 0.273 e. The van der Waals surface area contributed by atoms with E-state index < -0.39 is 15.7 Å². The molecule has 0 radical (unpaired) electrons. The third kappa shape index (κ3) is 4.56. The van der Waals surface area contributed by atoms with Crippen LogP contribution in [-0.2, 0) is 9.84 Å². The first kappa shape index (κ1) is 16.0. The van der Waals surface area contributed by atoms with Gasteiger partial charge in [0.1, 0.15) is 0 Å². The third-order valence-corrected chi connectivity index (χ3v) is 3.49. The zero-order valence-corrected chi connectivity index (χ0v) is 13.1. The number of benzene rings is 1. The highest BCUT2D eigenvalue weighted by molar-refractivity contribution is 7.93. The van der Waals surface area contributed by atoms with Crippen LogP contribution in [0.1, 0.15) is 16.1 Å². The lowest BCUT2D eigenvalue weighted by atomic mass is 10.1. The summed E-state index contributed by atoms with van der Waals surface area (Å²) in [5, 5.41) is 7.28. The molecule has 0 aliphatic carbocycles. The standard InChI is InChI=1S/C15H16N2O4S/c1-11-4-6-12(7-5-11)14-10-13(17-21-14)15(18)16-8-3-9-22(2,19)20/h3-7,9-10H,8H2,1-2H3,(H,16,18)/b9-3+. The highest BCUT2D eigenvalue weighted by Gasteiger charge is 2.12. The van der Waals surface area contributed by atoms with Crippen molar-refractivity contribution in [2.45, 2.75) is 6.92 Å². The molecule has 1 aromatic heterocycles. The van der Waals surface area contributed by atoms with Gasteiger partial charge in [0, 0.05) is 29.8 Å². The number of nitrogens with zero attached hydrogens (tertiary/aromatic N) is 1. The van der Waals surface area contributed by atoms with Crippen LogP contribution in [0.15, 0.2) is 46.3 Å². The summed E-state index contributed by atoms with van der Waals surface area (Å²) < 4.78 is 27.0. The van der Waals surface area contributed by atoms with E-state index in [2.05, 4.69) is 10.5 Å². The summed E-state index contributed by atoms with van der Waals surface area (Å²) in [6.07, 6.45) is 2.44. The molecule has 1 N–H and O–H groups in total. The Morgan fingerprint density at radius 3 is 2.64 bits per heavy atom. The van der Waals surface area contributed by atoms with E-state index in [0.29, 0.717) is 5.76 Å². The molecule has 0 saturated carbocycles. The van der Waals surface area contributed by atoms with Gasteiger partial charge >= 0.3 is 0 Å². The first-order valence-corrected chi connectivity index (χ1v) is 8.49. The first-order chi connectivity index (χ1) is 10.3. The van der Waals surface area contributed by atoms with Crippen molar-refractivity contribution in [1.82, 2.24) is 10.5 Å². The van der Waals surface area contributed by atoms with Gasteiger partial charge in [-0.05, 0) is 6.92 Å². The lowest BCUT2D eigenvalue weighted by Crippen LogP contribution is -2.23. The lowest BCUT2D eigenvalue weighted by molar-refractivity contribution is 0.0949. The summed E-state index contributed by atoms with van der Waals surface area (Å²) >= 11 is 0. The molecule has 2 aromatic rings. The van der Waals surface area contributed by atoms with Crippen molar-refractivity contribution in [2.24, 2.45) is 0 Å². The second-order valence-corrected chi connectivity index (χ2v) is 6.78. The first-order valence-electron chi connectivity index (χ1n) is 6.54. The highest BCUT2D eigenvalue weighted by atomic mass is 32.2. The number of aromatic nitrogens is 1. The molecule has 0 bridgehead atoms. The minimum Gasteiger partial charge on any atom is -0.355 e. The van der Waals surface area contributed by atoms with Gasteiger partial charge in [-0.25, -0.2) is 8.42 Å². The van der Waals surface area contributed by atoms with Gasteiger partial charge in [0.05, 0.1) is 0 Å². The summed E-state index contributed by atoms with van der Waals surface area (Å²) in [5.41, 5.74) is 2.09. The van der Waals surface area contributed by atoms with Gasteiger partial charge in [-0.1, -0.05) is 41.1 Å². The molecule has 22 heavy (non-hydrogen) atoms. The van der Waals surface area contributed by atoms with E-state index >= 15 is 0 Å². The molecule has 0 aliphatic rings. The molecule has 0 saturated heterocycles. The molecule has 6 nitrogen and oxygen atoms in total. The molecule has 116 valence electrons. The Bertz CT molecular complexity index is 789. The summed E-state index contributed by atoms with van der Waals surface area (Å²) in [7, 11) is -3.19. The minimum atomic E-state index is -3.19. The van der Waals surface area contributed by atoms with Gasteiger partial charge in [0.2, 0.25) is 0 Å². The van der Waals surface area contributed by atoms with Crippen LogP contribution in [0.3, 0.4) is 0 Å². The largest absolute Gasteiger partial charge is 0.355 e. The Morgan fingerprint density at radius 1 is 1.32 bits per heavy atom. The number of rotatable bonds is 5. The number of amides is 1. The fourth-order valence-corrected chi connectivity index (χ4v) is 2.15. The van der Waals surface area contributed by atoms with Crippen LogP contribution in [-0.4, -0.2) is 32.3 Å². The molecule has 0 fully saturated rings. The van der Waals surface area contributed by atoms with Gasteiger partial charge in [-0.15, -0.1) is 0 Å². The maximum atomic E-state index is 11.9. The number of carbonyl (C=O) groups excluding carboxylic acids is 1. The van der Waals surface area contributed by atoms with Crippen molar-refractivity contribution in [1.29, 1.82) is 0 Å². The molecule has 7 heteroatoms. The van der Waals surface area contributed by atoms with Crippen LogP contribution < -0.4 is 5.32 Å². The fraction of sp³-hybridized carbons (Fsp3) is 0.200. The number of hydrogen-bond acceptors (Lipinski definition) is 5. The molecular formula is C15H16N2O4S. The summed E-state index contributed by atoms with van der Waals surface area (Å²) in [6, 6.07) is 9.18. The van der Waals surface area contributed by atoms with Crippen LogP contribution in [0, 0.1) is 6.92 Å². The van der Waals surface area contributed by atoms with E-state index in [-0.39, 0.29) is 12.2 Å². The molecule has 0 unspecified atom stereocenters. The van der Waals surface area contributed by atoms with E-state index in [1.807, 2.05) is 31.2 Å².